The first-order chi connectivity index (χ1) is 13.0. The van der Waals surface area contributed by atoms with Crippen LogP contribution in [0.2, 0.25) is 0 Å². The third-order valence-electron chi connectivity index (χ3n) is 3.31. The first kappa shape index (κ1) is 20.0. The van der Waals surface area contributed by atoms with Crippen molar-refractivity contribution in [3.63, 3.8) is 0 Å². The van der Waals surface area contributed by atoms with E-state index in [2.05, 4.69) is 26.8 Å². The molecule has 2 rings (SSSR count). The van der Waals surface area contributed by atoms with Gasteiger partial charge in [-0.25, -0.2) is 0 Å². The quantitative estimate of drug-likeness (QED) is 0.542. The van der Waals surface area contributed by atoms with Crippen LogP contribution < -0.4 is 20.3 Å². The summed E-state index contributed by atoms with van der Waals surface area (Å²) >= 11 is 3.28. The highest BCUT2D eigenvalue weighted by atomic mass is 79.9. The van der Waals surface area contributed by atoms with Crippen molar-refractivity contribution in [2.75, 3.05) is 13.7 Å². The lowest BCUT2D eigenvalue weighted by atomic mass is 10.2. The summed E-state index contributed by atoms with van der Waals surface area (Å²) in [5.74, 6) is -0.0482. The largest absolute Gasteiger partial charge is 0.493 e. The Balaban J connectivity index is 1.93. The zero-order valence-corrected chi connectivity index (χ0v) is 15.9. The van der Waals surface area contributed by atoms with Crippen molar-refractivity contribution in [1.82, 2.24) is 10.9 Å². The predicted octanol–water partition coefficient (Wildman–Crippen LogP) is 2.83. The van der Waals surface area contributed by atoms with Crippen LogP contribution in [-0.4, -0.2) is 25.5 Å². The van der Waals surface area contributed by atoms with Gasteiger partial charge in [0.25, 0.3) is 11.8 Å². The molecule has 27 heavy (non-hydrogen) atoms. The van der Waals surface area contributed by atoms with Gasteiger partial charge >= 0.3 is 0 Å². The molecule has 0 aliphatic rings. The van der Waals surface area contributed by atoms with E-state index in [0.717, 1.165) is 4.47 Å². The molecule has 7 nitrogen and oxygen atoms in total. The number of nitrogens with one attached hydrogen (secondary N) is 2. The highest BCUT2D eigenvalue weighted by molar-refractivity contribution is 9.10. The molecule has 0 aliphatic carbocycles. The summed E-state index contributed by atoms with van der Waals surface area (Å²) in [6.07, 6.45) is 2.82. The Hall–Kier alpha value is -3.31. The normalized spacial score (nSPS) is 10.1. The molecule has 2 aromatic rings. The molecule has 0 saturated carbocycles. The third-order valence-corrected chi connectivity index (χ3v) is 3.84. The van der Waals surface area contributed by atoms with Gasteiger partial charge in [-0.15, -0.1) is 0 Å². The van der Waals surface area contributed by atoms with Crippen LogP contribution in [0.3, 0.4) is 0 Å². The number of nitrogens with zero attached hydrogens (tertiary/aromatic N) is 1. The van der Waals surface area contributed by atoms with Crippen LogP contribution >= 0.6 is 15.9 Å². The minimum atomic E-state index is -0.496. The Morgan fingerprint density at radius 1 is 1.15 bits per heavy atom. The van der Waals surface area contributed by atoms with Crippen LogP contribution in [0.1, 0.15) is 15.9 Å². The third kappa shape index (κ3) is 6.17. The Bertz CT molecular complexity index is 889. The van der Waals surface area contributed by atoms with Crippen molar-refractivity contribution >= 4 is 33.8 Å². The number of nitriles is 1. The number of hydrogen-bond donors (Lipinski definition) is 2. The molecule has 2 amide bonds. The van der Waals surface area contributed by atoms with Gasteiger partial charge in [0.2, 0.25) is 0 Å². The van der Waals surface area contributed by atoms with Crippen molar-refractivity contribution in [2.45, 2.75) is 0 Å². The number of benzene rings is 2. The van der Waals surface area contributed by atoms with E-state index >= 15 is 0 Å². The first-order valence-electron chi connectivity index (χ1n) is 7.75. The SMILES string of the molecule is COc1cc(/C=C/C(=O)NNC(=O)c2ccc(Br)cc2)ccc1OCC#N. The van der Waals surface area contributed by atoms with E-state index in [1.165, 1.54) is 13.2 Å². The standard InChI is InChI=1S/C19H16BrN3O4/c1-26-17-12-13(2-8-16(17)27-11-10-21)3-9-18(24)22-23-19(25)14-4-6-15(20)7-5-14/h2-9,12H,11H2,1H3,(H,22,24)(H,23,25)/b9-3+. The molecule has 0 heterocycles. The lowest BCUT2D eigenvalue weighted by Gasteiger charge is -2.09. The maximum absolute atomic E-state index is 11.9. The van der Waals surface area contributed by atoms with E-state index in [-0.39, 0.29) is 6.61 Å². The molecule has 0 spiro atoms. The van der Waals surface area contributed by atoms with E-state index in [1.54, 1.807) is 48.5 Å². The van der Waals surface area contributed by atoms with Gasteiger partial charge in [0.1, 0.15) is 6.07 Å². The van der Waals surface area contributed by atoms with Crippen LogP contribution in [0.25, 0.3) is 6.08 Å². The Morgan fingerprint density at radius 3 is 2.56 bits per heavy atom. The molecule has 0 aromatic heterocycles. The average Bonchev–Trinajstić information content (AvgIpc) is 2.69. The van der Waals surface area contributed by atoms with Gasteiger partial charge < -0.3 is 9.47 Å². The van der Waals surface area contributed by atoms with Gasteiger partial charge in [-0.05, 0) is 48.0 Å². The fourth-order valence-corrected chi connectivity index (χ4v) is 2.29. The zero-order valence-electron chi connectivity index (χ0n) is 14.4. The number of hydrazine groups is 1. The summed E-state index contributed by atoms with van der Waals surface area (Å²) in [6, 6.07) is 13.6. The van der Waals surface area contributed by atoms with E-state index < -0.39 is 11.8 Å². The molecule has 2 aromatic carbocycles. The minimum absolute atomic E-state index is 0.0913. The molecule has 0 bridgehead atoms. The monoisotopic (exact) mass is 429 g/mol. The number of halogens is 1. The van der Waals surface area contributed by atoms with E-state index in [1.807, 2.05) is 6.07 Å². The molecular formula is C19H16BrN3O4. The molecule has 0 fully saturated rings. The van der Waals surface area contributed by atoms with Gasteiger partial charge in [0.05, 0.1) is 7.11 Å². The lowest BCUT2D eigenvalue weighted by molar-refractivity contribution is -0.117. The average molecular weight is 430 g/mol. The molecule has 138 valence electrons. The summed E-state index contributed by atoms with van der Waals surface area (Å²) in [7, 11) is 1.48. The predicted molar refractivity (Wildman–Crippen MR) is 103 cm³/mol. The van der Waals surface area contributed by atoms with Crippen LogP contribution in [0, 0.1) is 11.3 Å². The molecular weight excluding hydrogens is 414 g/mol. The first-order valence-corrected chi connectivity index (χ1v) is 8.54. The smallest absolute Gasteiger partial charge is 0.269 e. The van der Waals surface area contributed by atoms with Crippen molar-refractivity contribution in [3.05, 3.63) is 64.1 Å². The number of rotatable bonds is 6. The Kier molecular flexibility index (Phi) is 7.40. The highest BCUT2D eigenvalue weighted by Gasteiger charge is 2.07. The van der Waals surface area contributed by atoms with Gasteiger partial charge in [-0.2, -0.15) is 5.26 Å². The van der Waals surface area contributed by atoms with E-state index in [0.29, 0.717) is 22.6 Å². The second kappa shape index (κ2) is 9.99. The molecule has 0 aliphatic heterocycles. The summed E-state index contributed by atoms with van der Waals surface area (Å²) in [5, 5.41) is 8.56. The van der Waals surface area contributed by atoms with Gasteiger partial charge in [-0.3, -0.25) is 20.4 Å². The maximum Gasteiger partial charge on any atom is 0.269 e. The molecule has 0 radical (unpaired) electrons. The summed E-state index contributed by atoms with van der Waals surface area (Å²) in [6.45, 7) is -0.0913. The number of carbonyl (C=O) groups excluding carboxylic acids is 2. The van der Waals surface area contributed by atoms with E-state index in [4.69, 9.17) is 14.7 Å². The van der Waals surface area contributed by atoms with Crippen molar-refractivity contribution in [1.29, 1.82) is 5.26 Å². The van der Waals surface area contributed by atoms with Crippen molar-refractivity contribution in [2.24, 2.45) is 0 Å². The fraction of sp³-hybridized carbons (Fsp3) is 0.105. The number of hydrogen-bond acceptors (Lipinski definition) is 5. The van der Waals surface area contributed by atoms with E-state index in [9.17, 15) is 9.59 Å². The second-order valence-corrected chi connectivity index (χ2v) is 6.06. The summed E-state index contributed by atoms with van der Waals surface area (Å²) in [4.78, 5) is 23.8. The summed E-state index contributed by atoms with van der Waals surface area (Å²) < 4.78 is 11.3. The number of amides is 2. The second-order valence-electron chi connectivity index (χ2n) is 5.14. The Labute approximate surface area is 164 Å². The zero-order chi connectivity index (χ0) is 19.6. The van der Waals surface area contributed by atoms with Crippen LogP contribution in [0.15, 0.2) is 53.0 Å². The molecule has 0 unspecified atom stereocenters. The number of ether oxygens (including phenoxy) is 2. The minimum Gasteiger partial charge on any atom is -0.493 e. The molecule has 0 saturated heterocycles. The topological polar surface area (TPSA) is 100 Å². The molecule has 0 atom stereocenters. The fourth-order valence-electron chi connectivity index (χ4n) is 2.02. The van der Waals surface area contributed by atoms with Crippen molar-refractivity contribution < 1.29 is 19.1 Å². The highest BCUT2D eigenvalue weighted by Crippen LogP contribution is 2.28. The maximum atomic E-state index is 11.9. The molecule has 8 heteroatoms. The van der Waals surface area contributed by atoms with Gasteiger partial charge in [-0.1, -0.05) is 22.0 Å². The number of methoxy groups -OCH3 is 1. The lowest BCUT2D eigenvalue weighted by Crippen LogP contribution is -2.40. The van der Waals surface area contributed by atoms with Gasteiger partial charge in [0.15, 0.2) is 18.1 Å². The van der Waals surface area contributed by atoms with Crippen LogP contribution in [0.5, 0.6) is 11.5 Å². The number of carbonyl (C=O) groups is 2. The van der Waals surface area contributed by atoms with Crippen molar-refractivity contribution in [3.8, 4) is 17.6 Å². The molecule has 2 N–H and O–H groups in total. The summed E-state index contributed by atoms with van der Waals surface area (Å²) in [5.41, 5.74) is 5.74. The van der Waals surface area contributed by atoms with Crippen LogP contribution in [-0.2, 0) is 4.79 Å². The van der Waals surface area contributed by atoms with Gasteiger partial charge in [0, 0.05) is 16.1 Å². The van der Waals surface area contributed by atoms with Crippen LogP contribution in [0.4, 0.5) is 0 Å². The Morgan fingerprint density at radius 2 is 1.89 bits per heavy atom.